The van der Waals surface area contributed by atoms with Gasteiger partial charge in [-0.25, -0.2) is 0 Å². The van der Waals surface area contributed by atoms with Crippen molar-refractivity contribution in [3.05, 3.63) is 11.8 Å². The zero-order valence-corrected chi connectivity index (χ0v) is 8.49. The van der Waals surface area contributed by atoms with Crippen LogP contribution in [0.15, 0.2) is 11.8 Å². The molecule has 0 amide bonds. The third kappa shape index (κ3) is 1.98. The maximum Gasteiger partial charge on any atom is 0.202 e. The molecule has 0 aliphatic carbocycles. The molecule has 0 spiro atoms. The van der Waals surface area contributed by atoms with Gasteiger partial charge in [-0.2, -0.15) is 0 Å². The molecular weight excluding hydrogens is 180 g/mol. The quantitative estimate of drug-likeness (QED) is 0.674. The number of hydrogen-bond donors (Lipinski definition) is 0. The zero-order chi connectivity index (χ0) is 9.97. The molecule has 78 valence electrons. The lowest BCUT2D eigenvalue weighted by molar-refractivity contribution is -0.122. The van der Waals surface area contributed by atoms with E-state index < -0.39 is 0 Å². The average Bonchev–Trinajstić information content (AvgIpc) is 2.65. The highest BCUT2D eigenvalue weighted by Gasteiger charge is 2.31. The van der Waals surface area contributed by atoms with Gasteiger partial charge >= 0.3 is 0 Å². The van der Waals surface area contributed by atoms with Crippen LogP contribution in [0.4, 0.5) is 0 Å². The van der Waals surface area contributed by atoms with Crippen LogP contribution >= 0.6 is 0 Å². The molecule has 0 radical (unpaired) electrons. The number of carbonyl (C=O) groups excluding carboxylic acids is 1. The highest BCUT2D eigenvalue weighted by molar-refractivity contribution is 5.95. The summed E-state index contributed by atoms with van der Waals surface area (Å²) in [5.41, 5.74) is 0. The SMILES string of the molecule is CC1CC(C(=O)C2=CCCCO2)CO1. The summed E-state index contributed by atoms with van der Waals surface area (Å²) < 4.78 is 10.7. The van der Waals surface area contributed by atoms with Crippen molar-refractivity contribution >= 4 is 5.78 Å². The van der Waals surface area contributed by atoms with E-state index in [0.29, 0.717) is 19.0 Å². The van der Waals surface area contributed by atoms with Crippen LogP contribution in [-0.4, -0.2) is 25.1 Å². The fourth-order valence-corrected chi connectivity index (χ4v) is 1.93. The van der Waals surface area contributed by atoms with Gasteiger partial charge in [0.1, 0.15) is 0 Å². The Kier molecular flexibility index (Phi) is 2.87. The molecule has 3 nitrogen and oxygen atoms in total. The number of ether oxygens (including phenoxy) is 2. The molecule has 2 aliphatic heterocycles. The van der Waals surface area contributed by atoms with Crippen LogP contribution in [0.3, 0.4) is 0 Å². The minimum atomic E-state index is 0.0225. The molecule has 0 aromatic heterocycles. The molecule has 2 aliphatic rings. The summed E-state index contributed by atoms with van der Waals surface area (Å²) >= 11 is 0. The van der Waals surface area contributed by atoms with Gasteiger partial charge in [0, 0.05) is 0 Å². The van der Waals surface area contributed by atoms with E-state index in [-0.39, 0.29) is 17.8 Å². The van der Waals surface area contributed by atoms with Gasteiger partial charge in [0.25, 0.3) is 0 Å². The summed E-state index contributed by atoms with van der Waals surface area (Å²) in [6, 6.07) is 0. The highest BCUT2D eigenvalue weighted by atomic mass is 16.5. The molecule has 0 bridgehead atoms. The van der Waals surface area contributed by atoms with Crippen LogP contribution in [0.1, 0.15) is 26.2 Å². The van der Waals surface area contributed by atoms with Gasteiger partial charge in [-0.15, -0.1) is 0 Å². The van der Waals surface area contributed by atoms with Crippen LogP contribution in [0.2, 0.25) is 0 Å². The second-order valence-corrected chi connectivity index (χ2v) is 4.00. The lowest BCUT2D eigenvalue weighted by atomic mass is 9.98. The Morgan fingerprint density at radius 3 is 3.00 bits per heavy atom. The van der Waals surface area contributed by atoms with Crippen LogP contribution in [-0.2, 0) is 14.3 Å². The molecular formula is C11H16O3. The fraction of sp³-hybridized carbons (Fsp3) is 0.727. The molecule has 1 saturated heterocycles. The third-order valence-corrected chi connectivity index (χ3v) is 2.75. The van der Waals surface area contributed by atoms with E-state index in [4.69, 9.17) is 9.47 Å². The fourth-order valence-electron chi connectivity index (χ4n) is 1.93. The number of carbonyl (C=O) groups is 1. The Bertz CT molecular complexity index is 257. The van der Waals surface area contributed by atoms with Gasteiger partial charge in [-0.05, 0) is 32.3 Å². The normalized spacial score (nSPS) is 32.2. The van der Waals surface area contributed by atoms with Crippen LogP contribution in [0, 0.1) is 5.92 Å². The van der Waals surface area contributed by atoms with Crippen molar-refractivity contribution in [1.82, 2.24) is 0 Å². The first-order valence-corrected chi connectivity index (χ1v) is 5.26. The van der Waals surface area contributed by atoms with Crippen LogP contribution in [0.25, 0.3) is 0 Å². The lowest BCUT2D eigenvalue weighted by Crippen LogP contribution is -2.20. The average molecular weight is 196 g/mol. The summed E-state index contributed by atoms with van der Waals surface area (Å²) in [7, 11) is 0. The molecule has 2 heterocycles. The van der Waals surface area contributed by atoms with Crippen molar-refractivity contribution < 1.29 is 14.3 Å². The van der Waals surface area contributed by atoms with Gasteiger partial charge in [-0.3, -0.25) is 4.79 Å². The molecule has 2 atom stereocenters. The first-order chi connectivity index (χ1) is 6.77. The minimum absolute atomic E-state index is 0.0225. The van der Waals surface area contributed by atoms with E-state index in [1.54, 1.807) is 0 Å². The topological polar surface area (TPSA) is 35.5 Å². The Morgan fingerprint density at radius 1 is 1.57 bits per heavy atom. The van der Waals surface area contributed by atoms with Gasteiger partial charge in [0.05, 0.1) is 25.2 Å². The zero-order valence-electron chi connectivity index (χ0n) is 8.49. The van der Waals surface area contributed by atoms with E-state index in [1.807, 2.05) is 13.0 Å². The predicted octanol–water partition coefficient (Wildman–Crippen LogP) is 1.67. The summed E-state index contributed by atoms with van der Waals surface area (Å²) in [6.07, 6.45) is 4.94. The van der Waals surface area contributed by atoms with Gasteiger partial charge in [0.15, 0.2) is 5.76 Å². The van der Waals surface area contributed by atoms with Crippen molar-refractivity contribution in [3.63, 3.8) is 0 Å². The van der Waals surface area contributed by atoms with Crippen molar-refractivity contribution in [1.29, 1.82) is 0 Å². The molecule has 1 fully saturated rings. The van der Waals surface area contributed by atoms with E-state index in [2.05, 4.69) is 0 Å². The number of Topliss-reactive ketones (excluding diaryl/α,β-unsaturated/α-hetero) is 1. The minimum Gasteiger partial charge on any atom is -0.490 e. The molecule has 3 heteroatoms. The third-order valence-electron chi connectivity index (χ3n) is 2.75. The van der Waals surface area contributed by atoms with Crippen molar-refractivity contribution in [2.75, 3.05) is 13.2 Å². The first-order valence-electron chi connectivity index (χ1n) is 5.26. The lowest BCUT2D eigenvalue weighted by Gasteiger charge is -2.15. The molecule has 0 aromatic carbocycles. The Morgan fingerprint density at radius 2 is 2.43 bits per heavy atom. The largest absolute Gasteiger partial charge is 0.490 e. The summed E-state index contributed by atoms with van der Waals surface area (Å²) in [6.45, 7) is 3.24. The number of hydrogen-bond acceptors (Lipinski definition) is 3. The monoisotopic (exact) mass is 196 g/mol. The Balaban J connectivity index is 1.97. The van der Waals surface area contributed by atoms with E-state index in [0.717, 1.165) is 19.3 Å². The maximum absolute atomic E-state index is 11.9. The van der Waals surface area contributed by atoms with Crippen LogP contribution in [0.5, 0.6) is 0 Å². The number of rotatable bonds is 2. The second-order valence-electron chi connectivity index (χ2n) is 4.00. The molecule has 0 saturated carbocycles. The summed E-state index contributed by atoms with van der Waals surface area (Å²) in [4.78, 5) is 11.9. The van der Waals surface area contributed by atoms with Crippen molar-refractivity contribution in [2.24, 2.45) is 5.92 Å². The van der Waals surface area contributed by atoms with Crippen LogP contribution < -0.4 is 0 Å². The summed E-state index contributed by atoms with van der Waals surface area (Å²) in [5.74, 6) is 0.724. The Hall–Kier alpha value is -0.830. The van der Waals surface area contributed by atoms with E-state index in [9.17, 15) is 4.79 Å². The van der Waals surface area contributed by atoms with Gasteiger partial charge in [0.2, 0.25) is 5.78 Å². The number of ketones is 1. The van der Waals surface area contributed by atoms with Gasteiger partial charge in [-0.1, -0.05) is 0 Å². The second kappa shape index (κ2) is 4.13. The van der Waals surface area contributed by atoms with Crippen molar-refractivity contribution in [3.8, 4) is 0 Å². The first kappa shape index (κ1) is 9.71. The molecule has 14 heavy (non-hydrogen) atoms. The maximum atomic E-state index is 11.9. The predicted molar refractivity (Wildman–Crippen MR) is 51.8 cm³/mol. The van der Waals surface area contributed by atoms with Gasteiger partial charge < -0.3 is 9.47 Å². The van der Waals surface area contributed by atoms with Crippen molar-refractivity contribution in [2.45, 2.75) is 32.3 Å². The van der Waals surface area contributed by atoms with E-state index in [1.165, 1.54) is 0 Å². The standard InChI is InChI=1S/C11H16O3/c1-8-6-9(7-14-8)11(12)10-4-2-3-5-13-10/h4,8-9H,2-3,5-7H2,1H3. The molecule has 0 N–H and O–H groups in total. The molecule has 2 rings (SSSR count). The highest BCUT2D eigenvalue weighted by Crippen LogP contribution is 2.24. The molecule has 0 aromatic rings. The van der Waals surface area contributed by atoms with E-state index >= 15 is 0 Å². The smallest absolute Gasteiger partial charge is 0.202 e. The summed E-state index contributed by atoms with van der Waals surface area (Å²) in [5, 5.41) is 0. The number of allylic oxidation sites excluding steroid dienone is 2. The molecule has 2 unspecified atom stereocenters. The Labute approximate surface area is 84.1 Å².